The molecule has 7 nitrogen and oxygen atoms in total. The lowest BCUT2D eigenvalue weighted by molar-refractivity contribution is -0.142. The highest BCUT2D eigenvalue weighted by Gasteiger charge is 2.10. The third-order valence-electron chi connectivity index (χ3n) is 4.09. The van der Waals surface area contributed by atoms with Gasteiger partial charge in [-0.25, -0.2) is 4.79 Å². The van der Waals surface area contributed by atoms with Crippen LogP contribution in [0.5, 0.6) is 23.0 Å². The van der Waals surface area contributed by atoms with Crippen LogP contribution in [-0.2, 0) is 14.3 Å². The lowest BCUT2D eigenvalue weighted by atomic mass is 10.2. The van der Waals surface area contributed by atoms with E-state index < -0.39 is 18.5 Å². The van der Waals surface area contributed by atoms with Gasteiger partial charge in [-0.3, -0.25) is 4.79 Å². The first kappa shape index (κ1) is 21.4. The maximum atomic E-state index is 12.2. The lowest BCUT2D eigenvalue weighted by Crippen LogP contribution is -2.20. The van der Waals surface area contributed by atoms with Crippen LogP contribution in [0.4, 0.5) is 5.69 Å². The normalized spacial score (nSPS) is 10.5. The Kier molecular flexibility index (Phi) is 7.26. The summed E-state index contributed by atoms with van der Waals surface area (Å²) in [6.45, 7) is -0.457. The Morgan fingerprint density at radius 3 is 2.48 bits per heavy atom. The summed E-state index contributed by atoms with van der Waals surface area (Å²) in [5.74, 6) is 0.191. The van der Waals surface area contributed by atoms with E-state index in [1.807, 2.05) is 18.2 Å². The number of carbonyl (C=O) groups is 2. The Morgan fingerprint density at radius 1 is 0.968 bits per heavy atom. The standard InChI is InChI=1S/C24H21NO6/c1-29-22-15-17(11-13-20(22)26)12-14-24(28)30-16-23(27)25-19-9-5-6-10-21(19)31-18-7-3-2-4-8-18/h2-15,26H,16H2,1H3,(H,25,27)/b14-12+. The maximum Gasteiger partial charge on any atom is 0.331 e. The molecule has 0 radical (unpaired) electrons. The summed E-state index contributed by atoms with van der Waals surface area (Å²) >= 11 is 0. The van der Waals surface area contributed by atoms with Gasteiger partial charge in [-0.2, -0.15) is 0 Å². The number of ether oxygens (including phenoxy) is 3. The van der Waals surface area contributed by atoms with Gasteiger partial charge < -0.3 is 24.6 Å². The second-order valence-electron chi connectivity index (χ2n) is 6.33. The minimum absolute atomic E-state index is 0.00424. The Labute approximate surface area is 179 Å². The molecule has 1 amide bonds. The Hall–Kier alpha value is -4.26. The molecule has 158 valence electrons. The molecule has 3 rings (SSSR count). The van der Waals surface area contributed by atoms with E-state index in [4.69, 9.17) is 14.2 Å². The highest BCUT2D eigenvalue weighted by molar-refractivity contribution is 5.95. The molecule has 31 heavy (non-hydrogen) atoms. The molecule has 0 bridgehead atoms. The van der Waals surface area contributed by atoms with E-state index in [9.17, 15) is 14.7 Å². The van der Waals surface area contributed by atoms with Crippen molar-refractivity contribution in [2.45, 2.75) is 0 Å². The van der Waals surface area contributed by atoms with Crippen LogP contribution in [0.3, 0.4) is 0 Å². The summed E-state index contributed by atoms with van der Waals surface area (Å²) in [7, 11) is 1.43. The van der Waals surface area contributed by atoms with E-state index in [-0.39, 0.29) is 11.5 Å². The summed E-state index contributed by atoms with van der Waals surface area (Å²) in [5, 5.41) is 12.3. The largest absolute Gasteiger partial charge is 0.504 e. The number of benzene rings is 3. The van der Waals surface area contributed by atoms with Gasteiger partial charge in [0.05, 0.1) is 12.8 Å². The minimum atomic E-state index is -0.684. The Bertz CT molecular complexity index is 1080. The summed E-state index contributed by atoms with van der Waals surface area (Å²) in [5.41, 5.74) is 1.09. The molecule has 7 heteroatoms. The molecule has 0 aromatic heterocycles. The SMILES string of the molecule is COc1cc(/C=C/C(=O)OCC(=O)Nc2ccccc2Oc2ccccc2)ccc1O. The van der Waals surface area contributed by atoms with Crippen LogP contribution in [0.2, 0.25) is 0 Å². The smallest absolute Gasteiger partial charge is 0.331 e. The zero-order valence-electron chi connectivity index (χ0n) is 16.8. The molecule has 0 saturated carbocycles. The summed E-state index contributed by atoms with van der Waals surface area (Å²) in [6, 6.07) is 20.8. The molecule has 0 heterocycles. The van der Waals surface area contributed by atoms with E-state index in [0.29, 0.717) is 22.7 Å². The third-order valence-corrected chi connectivity index (χ3v) is 4.09. The minimum Gasteiger partial charge on any atom is -0.504 e. The highest BCUT2D eigenvalue weighted by atomic mass is 16.5. The number of anilines is 1. The monoisotopic (exact) mass is 419 g/mol. The molecule has 3 aromatic carbocycles. The zero-order valence-corrected chi connectivity index (χ0v) is 16.8. The first-order valence-corrected chi connectivity index (χ1v) is 9.39. The first-order valence-electron chi connectivity index (χ1n) is 9.39. The number of hydrogen-bond donors (Lipinski definition) is 2. The van der Waals surface area contributed by atoms with Gasteiger partial charge >= 0.3 is 5.97 Å². The number of phenolic OH excluding ortho intramolecular Hbond substituents is 1. The van der Waals surface area contributed by atoms with Crippen molar-refractivity contribution in [3.05, 3.63) is 84.4 Å². The average Bonchev–Trinajstić information content (AvgIpc) is 2.79. The van der Waals surface area contributed by atoms with Crippen molar-refractivity contribution in [2.75, 3.05) is 19.0 Å². The number of para-hydroxylation sites is 3. The first-order chi connectivity index (χ1) is 15.0. The molecule has 0 spiro atoms. The van der Waals surface area contributed by atoms with Crippen molar-refractivity contribution < 1.29 is 28.9 Å². The van der Waals surface area contributed by atoms with Crippen molar-refractivity contribution >= 4 is 23.6 Å². The molecular formula is C24H21NO6. The van der Waals surface area contributed by atoms with Crippen molar-refractivity contribution in [1.82, 2.24) is 0 Å². The fourth-order valence-electron chi connectivity index (χ4n) is 2.61. The van der Waals surface area contributed by atoms with Gasteiger partial charge in [-0.05, 0) is 48.0 Å². The van der Waals surface area contributed by atoms with Crippen LogP contribution in [0.15, 0.2) is 78.9 Å². The molecule has 3 aromatic rings. The number of aromatic hydroxyl groups is 1. The van der Waals surface area contributed by atoms with Gasteiger partial charge in [0.25, 0.3) is 5.91 Å². The van der Waals surface area contributed by atoms with Gasteiger partial charge in [0.2, 0.25) is 0 Å². The van der Waals surface area contributed by atoms with Crippen LogP contribution in [0.25, 0.3) is 6.08 Å². The van der Waals surface area contributed by atoms with Crippen LogP contribution >= 0.6 is 0 Å². The predicted molar refractivity (Wildman–Crippen MR) is 116 cm³/mol. The van der Waals surface area contributed by atoms with E-state index in [2.05, 4.69) is 5.32 Å². The van der Waals surface area contributed by atoms with E-state index in [1.54, 1.807) is 48.5 Å². The van der Waals surface area contributed by atoms with E-state index in [0.717, 1.165) is 0 Å². The van der Waals surface area contributed by atoms with E-state index in [1.165, 1.54) is 25.3 Å². The number of phenols is 1. The quantitative estimate of drug-likeness (QED) is 0.416. The Balaban J connectivity index is 1.54. The van der Waals surface area contributed by atoms with Crippen LogP contribution < -0.4 is 14.8 Å². The van der Waals surface area contributed by atoms with E-state index >= 15 is 0 Å². The molecule has 2 N–H and O–H groups in total. The molecule has 0 aliphatic rings. The van der Waals surface area contributed by atoms with Crippen molar-refractivity contribution in [2.24, 2.45) is 0 Å². The Morgan fingerprint density at radius 2 is 1.71 bits per heavy atom. The summed E-state index contributed by atoms with van der Waals surface area (Å²) in [4.78, 5) is 24.1. The summed E-state index contributed by atoms with van der Waals surface area (Å²) in [6.07, 6.45) is 2.68. The van der Waals surface area contributed by atoms with Gasteiger partial charge in [0.15, 0.2) is 23.9 Å². The number of amides is 1. The number of nitrogens with one attached hydrogen (secondary N) is 1. The number of methoxy groups -OCH3 is 1. The number of esters is 1. The molecule has 0 saturated heterocycles. The van der Waals surface area contributed by atoms with Crippen LogP contribution in [0.1, 0.15) is 5.56 Å². The second-order valence-corrected chi connectivity index (χ2v) is 6.33. The third kappa shape index (κ3) is 6.37. The molecule has 0 atom stereocenters. The second kappa shape index (κ2) is 10.5. The van der Waals surface area contributed by atoms with Gasteiger partial charge in [0.1, 0.15) is 5.75 Å². The number of rotatable bonds is 8. The number of hydrogen-bond acceptors (Lipinski definition) is 6. The lowest BCUT2D eigenvalue weighted by Gasteiger charge is -2.12. The van der Waals surface area contributed by atoms with Gasteiger partial charge in [-0.15, -0.1) is 0 Å². The summed E-state index contributed by atoms with van der Waals surface area (Å²) < 4.78 is 15.8. The average molecular weight is 419 g/mol. The van der Waals surface area contributed by atoms with Crippen LogP contribution in [-0.4, -0.2) is 30.7 Å². The fourth-order valence-corrected chi connectivity index (χ4v) is 2.61. The molecule has 0 unspecified atom stereocenters. The topological polar surface area (TPSA) is 94.1 Å². The molecule has 0 fully saturated rings. The molecular weight excluding hydrogens is 398 g/mol. The van der Waals surface area contributed by atoms with Crippen LogP contribution in [0, 0.1) is 0 Å². The molecule has 0 aliphatic carbocycles. The molecule has 0 aliphatic heterocycles. The highest BCUT2D eigenvalue weighted by Crippen LogP contribution is 2.29. The van der Waals surface area contributed by atoms with Crippen molar-refractivity contribution in [3.63, 3.8) is 0 Å². The van der Waals surface area contributed by atoms with Crippen molar-refractivity contribution in [1.29, 1.82) is 0 Å². The number of carbonyl (C=O) groups excluding carboxylic acids is 2. The zero-order chi connectivity index (χ0) is 22.1. The predicted octanol–water partition coefficient (Wildman–Crippen LogP) is 4.39. The van der Waals surface area contributed by atoms with Crippen molar-refractivity contribution in [3.8, 4) is 23.0 Å². The van der Waals surface area contributed by atoms with Gasteiger partial charge in [-0.1, -0.05) is 36.4 Å². The fraction of sp³-hybridized carbons (Fsp3) is 0.0833. The van der Waals surface area contributed by atoms with Gasteiger partial charge in [0, 0.05) is 6.08 Å². The maximum absolute atomic E-state index is 12.2.